The SMILES string of the molecule is COc1cccc(-c2n[nH]c(-c3ccc([N+](=O)[O-])c(C)c3)n2)c1. The number of nitro groups is 1. The van der Waals surface area contributed by atoms with Crippen LogP contribution in [0.15, 0.2) is 42.5 Å². The normalized spacial score (nSPS) is 10.5. The summed E-state index contributed by atoms with van der Waals surface area (Å²) in [5, 5.41) is 17.9. The molecular formula is C16H14N4O3. The van der Waals surface area contributed by atoms with Crippen molar-refractivity contribution in [3.05, 3.63) is 58.1 Å². The molecule has 1 heterocycles. The number of ether oxygens (including phenoxy) is 1. The Bertz CT molecular complexity index is 873. The minimum atomic E-state index is -0.402. The van der Waals surface area contributed by atoms with Crippen LogP contribution in [-0.4, -0.2) is 27.2 Å². The lowest BCUT2D eigenvalue weighted by molar-refractivity contribution is -0.385. The zero-order valence-corrected chi connectivity index (χ0v) is 12.6. The van der Waals surface area contributed by atoms with Crippen molar-refractivity contribution in [2.45, 2.75) is 6.92 Å². The molecule has 0 radical (unpaired) electrons. The van der Waals surface area contributed by atoms with Crippen LogP contribution in [0.4, 0.5) is 5.69 Å². The fraction of sp³-hybridized carbons (Fsp3) is 0.125. The third-order valence-electron chi connectivity index (χ3n) is 3.48. The smallest absolute Gasteiger partial charge is 0.272 e. The lowest BCUT2D eigenvalue weighted by Gasteiger charge is -2.01. The minimum absolute atomic E-state index is 0.0845. The molecule has 0 atom stereocenters. The Morgan fingerprint density at radius 3 is 2.70 bits per heavy atom. The molecule has 3 aromatic rings. The maximum Gasteiger partial charge on any atom is 0.272 e. The highest BCUT2D eigenvalue weighted by Crippen LogP contribution is 2.26. The monoisotopic (exact) mass is 310 g/mol. The Morgan fingerprint density at radius 2 is 2.00 bits per heavy atom. The number of benzene rings is 2. The molecule has 0 saturated heterocycles. The summed E-state index contributed by atoms with van der Waals surface area (Å²) in [6.07, 6.45) is 0. The van der Waals surface area contributed by atoms with E-state index in [0.717, 1.165) is 16.9 Å². The van der Waals surface area contributed by atoms with Crippen LogP contribution in [0, 0.1) is 17.0 Å². The molecule has 0 unspecified atom stereocenters. The van der Waals surface area contributed by atoms with Crippen LogP contribution in [0.3, 0.4) is 0 Å². The van der Waals surface area contributed by atoms with Gasteiger partial charge < -0.3 is 4.74 Å². The number of H-pyrrole nitrogens is 1. The van der Waals surface area contributed by atoms with Gasteiger partial charge in [-0.1, -0.05) is 12.1 Å². The zero-order chi connectivity index (χ0) is 16.4. The van der Waals surface area contributed by atoms with Gasteiger partial charge in [-0.15, -0.1) is 0 Å². The van der Waals surface area contributed by atoms with Crippen LogP contribution in [-0.2, 0) is 0 Å². The topological polar surface area (TPSA) is 93.9 Å². The van der Waals surface area contributed by atoms with E-state index in [9.17, 15) is 10.1 Å². The van der Waals surface area contributed by atoms with Gasteiger partial charge in [-0.2, -0.15) is 5.10 Å². The molecule has 1 N–H and O–H groups in total. The Morgan fingerprint density at radius 1 is 1.17 bits per heavy atom. The summed E-state index contributed by atoms with van der Waals surface area (Å²) in [5.41, 5.74) is 2.23. The van der Waals surface area contributed by atoms with Crippen LogP contribution in [0.5, 0.6) is 5.75 Å². The summed E-state index contributed by atoms with van der Waals surface area (Å²) >= 11 is 0. The number of aromatic amines is 1. The molecule has 7 nitrogen and oxygen atoms in total. The largest absolute Gasteiger partial charge is 0.497 e. The van der Waals surface area contributed by atoms with E-state index in [0.29, 0.717) is 17.2 Å². The highest BCUT2D eigenvalue weighted by Gasteiger charge is 2.13. The summed E-state index contributed by atoms with van der Waals surface area (Å²) < 4.78 is 5.19. The molecule has 0 aliphatic carbocycles. The Labute approximate surface area is 132 Å². The van der Waals surface area contributed by atoms with Gasteiger partial charge in [0.1, 0.15) is 5.75 Å². The number of nitrogens with zero attached hydrogens (tertiary/aromatic N) is 3. The van der Waals surface area contributed by atoms with Crippen LogP contribution in [0.1, 0.15) is 5.56 Å². The average molecular weight is 310 g/mol. The van der Waals surface area contributed by atoms with Crippen molar-refractivity contribution in [1.29, 1.82) is 0 Å². The minimum Gasteiger partial charge on any atom is -0.497 e. The van der Waals surface area contributed by atoms with Crippen LogP contribution >= 0.6 is 0 Å². The molecule has 0 aliphatic heterocycles. The number of nitro benzene ring substituents is 1. The van der Waals surface area contributed by atoms with E-state index in [1.807, 2.05) is 24.3 Å². The second-order valence-electron chi connectivity index (χ2n) is 5.00. The molecule has 1 aromatic heterocycles. The first-order valence-electron chi connectivity index (χ1n) is 6.90. The van der Waals surface area contributed by atoms with Crippen molar-refractivity contribution >= 4 is 5.69 Å². The standard InChI is InChI=1S/C16H14N4O3/c1-10-8-12(6-7-14(10)20(21)22)16-17-15(18-19-16)11-4-3-5-13(9-11)23-2/h3-9H,1-2H3,(H,17,18,19). The van der Waals surface area contributed by atoms with Gasteiger partial charge in [-0.3, -0.25) is 15.2 Å². The molecule has 0 bridgehead atoms. The van der Waals surface area contributed by atoms with E-state index in [-0.39, 0.29) is 5.69 Å². The summed E-state index contributed by atoms with van der Waals surface area (Å²) in [5.74, 6) is 1.82. The molecule has 3 rings (SSSR count). The average Bonchev–Trinajstić information content (AvgIpc) is 3.04. The summed E-state index contributed by atoms with van der Waals surface area (Å²) in [6.45, 7) is 1.70. The highest BCUT2D eigenvalue weighted by molar-refractivity contribution is 5.64. The van der Waals surface area contributed by atoms with Crippen LogP contribution in [0.2, 0.25) is 0 Å². The number of aromatic nitrogens is 3. The molecular weight excluding hydrogens is 296 g/mol. The van der Waals surface area contributed by atoms with Crippen molar-refractivity contribution in [3.8, 4) is 28.5 Å². The predicted octanol–water partition coefficient (Wildman–Crippen LogP) is 3.36. The van der Waals surface area contributed by atoms with Crippen molar-refractivity contribution in [2.75, 3.05) is 7.11 Å². The second kappa shape index (κ2) is 5.88. The Kier molecular flexibility index (Phi) is 3.76. The number of hydrogen-bond acceptors (Lipinski definition) is 5. The van der Waals surface area contributed by atoms with Gasteiger partial charge in [0.2, 0.25) is 0 Å². The molecule has 0 aliphatic rings. The van der Waals surface area contributed by atoms with Gasteiger partial charge >= 0.3 is 0 Å². The molecule has 116 valence electrons. The first-order valence-corrected chi connectivity index (χ1v) is 6.90. The fourth-order valence-electron chi connectivity index (χ4n) is 2.29. The second-order valence-corrected chi connectivity index (χ2v) is 5.00. The number of hydrogen-bond donors (Lipinski definition) is 1. The Balaban J connectivity index is 1.95. The van der Waals surface area contributed by atoms with Crippen molar-refractivity contribution in [2.24, 2.45) is 0 Å². The molecule has 2 aromatic carbocycles. The van der Waals surface area contributed by atoms with Gasteiger partial charge in [0.05, 0.1) is 12.0 Å². The first-order chi connectivity index (χ1) is 11.1. The van der Waals surface area contributed by atoms with E-state index >= 15 is 0 Å². The van der Waals surface area contributed by atoms with Crippen molar-refractivity contribution < 1.29 is 9.66 Å². The number of methoxy groups -OCH3 is 1. The molecule has 0 fully saturated rings. The molecule has 23 heavy (non-hydrogen) atoms. The lowest BCUT2D eigenvalue weighted by atomic mass is 10.1. The summed E-state index contributed by atoms with van der Waals surface area (Å²) in [7, 11) is 1.60. The third kappa shape index (κ3) is 2.89. The van der Waals surface area contributed by atoms with E-state index in [2.05, 4.69) is 15.2 Å². The third-order valence-corrected chi connectivity index (χ3v) is 3.48. The summed E-state index contributed by atoms with van der Waals surface area (Å²) in [4.78, 5) is 14.9. The quantitative estimate of drug-likeness (QED) is 0.589. The van der Waals surface area contributed by atoms with Gasteiger partial charge in [0.15, 0.2) is 11.6 Å². The fourth-order valence-corrected chi connectivity index (χ4v) is 2.29. The van der Waals surface area contributed by atoms with Crippen molar-refractivity contribution in [3.63, 3.8) is 0 Å². The number of aryl methyl sites for hydroxylation is 1. The summed E-state index contributed by atoms with van der Waals surface area (Å²) in [6, 6.07) is 12.3. The number of nitrogens with one attached hydrogen (secondary N) is 1. The van der Waals surface area contributed by atoms with Gasteiger partial charge in [-0.25, -0.2) is 4.98 Å². The maximum atomic E-state index is 10.9. The number of rotatable bonds is 4. The van der Waals surface area contributed by atoms with E-state index < -0.39 is 4.92 Å². The van der Waals surface area contributed by atoms with E-state index in [4.69, 9.17) is 4.74 Å². The van der Waals surface area contributed by atoms with Crippen molar-refractivity contribution in [1.82, 2.24) is 15.2 Å². The van der Waals surface area contributed by atoms with E-state index in [1.165, 1.54) is 6.07 Å². The van der Waals surface area contributed by atoms with Gasteiger partial charge in [0.25, 0.3) is 5.69 Å². The van der Waals surface area contributed by atoms with Gasteiger partial charge in [0, 0.05) is 22.8 Å². The van der Waals surface area contributed by atoms with Crippen LogP contribution in [0.25, 0.3) is 22.8 Å². The van der Waals surface area contributed by atoms with Crippen LogP contribution < -0.4 is 4.74 Å². The first kappa shape index (κ1) is 14.7. The molecule has 7 heteroatoms. The molecule has 0 spiro atoms. The zero-order valence-electron chi connectivity index (χ0n) is 12.6. The maximum absolute atomic E-state index is 10.9. The molecule has 0 amide bonds. The predicted molar refractivity (Wildman–Crippen MR) is 85.2 cm³/mol. The van der Waals surface area contributed by atoms with E-state index in [1.54, 1.807) is 26.2 Å². The molecule has 0 saturated carbocycles. The lowest BCUT2D eigenvalue weighted by Crippen LogP contribution is -1.92. The van der Waals surface area contributed by atoms with Gasteiger partial charge in [-0.05, 0) is 31.2 Å². The Hall–Kier alpha value is -3.22. The highest BCUT2D eigenvalue weighted by atomic mass is 16.6.